The second-order valence-corrected chi connectivity index (χ2v) is 8.11. The van der Waals surface area contributed by atoms with Crippen LogP contribution >= 0.6 is 22.7 Å². The number of hydrogen-bond donors (Lipinski definition) is 1. The van der Waals surface area contributed by atoms with Crippen LogP contribution in [0.2, 0.25) is 0 Å². The van der Waals surface area contributed by atoms with Crippen LogP contribution in [0.1, 0.15) is 50.0 Å². The van der Waals surface area contributed by atoms with Crippen molar-refractivity contribution in [1.82, 2.24) is 10.3 Å². The number of hydrogen-bond acceptors (Lipinski definition) is 6. The quantitative estimate of drug-likeness (QED) is 0.795. The van der Waals surface area contributed by atoms with Crippen molar-refractivity contribution in [3.8, 4) is 10.6 Å². The average molecular weight is 379 g/mol. The molecular weight excluding hydrogens is 356 g/mol. The van der Waals surface area contributed by atoms with E-state index in [-0.39, 0.29) is 17.6 Å². The van der Waals surface area contributed by atoms with E-state index in [2.05, 4.69) is 17.2 Å². The first-order valence-corrected chi connectivity index (χ1v) is 10.4. The number of ether oxygens (including phenoxy) is 1. The molecule has 1 amide bonds. The van der Waals surface area contributed by atoms with Gasteiger partial charge >= 0.3 is 5.97 Å². The van der Waals surface area contributed by atoms with E-state index in [1.54, 1.807) is 23.6 Å². The minimum atomic E-state index is -0.826. The highest BCUT2D eigenvalue weighted by Crippen LogP contribution is 2.26. The molecule has 0 aliphatic heterocycles. The maximum Gasteiger partial charge on any atom is 0.358 e. The van der Waals surface area contributed by atoms with Gasteiger partial charge in [0.05, 0.1) is 0 Å². The Kier molecular flexibility index (Phi) is 5.86. The van der Waals surface area contributed by atoms with Crippen molar-refractivity contribution in [2.45, 2.75) is 51.7 Å². The van der Waals surface area contributed by atoms with Crippen molar-refractivity contribution in [2.75, 3.05) is 0 Å². The summed E-state index contributed by atoms with van der Waals surface area (Å²) in [6, 6.07) is 2.13. The Bertz CT molecular complexity index is 727. The van der Waals surface area contributed by atoms with Gasteiger partial charge in [0.15, 0.2) is 11.8 Å². The zero-order chi connectivity index (χ0) is 17.8. The molecule has 7 heteroatoms. The number of carbonyl (C=O) groups is 2. The number of carbonyl (C=O) groups excluding carboxylic acids is 2. The summed E-state index contributed by atoms with van der Waals surface area (Å²) in [5.74, 6) is -0.329. The SMILES string of the molecule is CC(OC(=O)c1csc(-c2ccsc2)n1)C(=O)NC1CCCCC1C. The summed E-state index contributed by atoms with van der Waals surface area (Å²) in [4.78, 5) is 28.9. The van der Waals surface area contributed by atoms with Crippen LogP contribution in [-0.2, 0) is 9.53 Å². The van der Waals surface area contributed by atoms with Crippen LogP contribution in [-0.4, -0.2) is 29.0 Å². The Morgan fingerprint density at radius 3 is 2.84 bits per heavy atom. The van der Waals surface area contributed by atoms with Gasteiger partial charge in [-0.1, -0.05) is 19.8 Å². The van der Waals surface area contributed by atoms with Crippen molar-refractivity contribution in [1.29, 1.82) is 0 Å². The van der Waals surface area contributed by atoms with Crippen molar-refractivity contribution in [3.05, 3.63) is 27.9 Å². The number of thiazole rings is 1. The van der Waals surface area contributed by atoms with Crippen molar-refractivity contribution in [3.63, 3.8) is 0 Å². The van der Waals surface area contributed by atoms with E-state index < -0.39 is 12.1 Å². The highest BCUT2D eigenvalue weighted by atomic mass is 32.1. The Morgan fingerprint density at radius 2 is 2.12 bits per heavy atom. The van der Waals surface area contributed by atoms with E-state index in [0.29, 0.717) is 5.92 Å². The Labute approximate surface area is 155 Å². The van der Waals surface area contributed by atoms with Gasteiger partial charge < -0.3 is 10.1 Å². The fraction of sp³-hybridized carbons (Fsp3) is 0.500. The summed E-state index contributed by atoms with van der Waals surface area (Å²) >= 11 is 2.97. The van der Waals surface area contributed by atoms with Crippen LogP contribution in [0.4, 0.5) is 0 Å². The molecule has 134 valence electrons. The fourth-order valence-corrected chi connectivity index (χ4v) is 4.49. The van der Waals surface area contributed by atoms with Gasteiger partial charge in [0.1, 0.15) is 5.01 Å². The lowest BCUT2D eigenvalue weighted by Gasteiger charge is -2.30. The molecular formula is C18H22N2O3S2. The molecule has 3 unspecified atom stereocenters. The molecule has 2 aromatic rings. The third-order valence-corrected chi connectivity index (χ3v) is 6.15. The van der Waals surface area contributed by atoms with Gasteiger partial charge in [0.2, 0.25) is 0 Å². The topological polar surface area (TPSA) is 68.3 Å². The smallest absolute Gasteiger partial charge is 0.358 e. The average Bonchev–Trinajstić information content (AvgIpc) is 3.28. The maximum absolute atomic E-state index is 12.3. The maximum atomic E-state index is 12.3. The van der Waals surface area contributed by atoms with Crippen LogP contribution in [0.3, 0.4) is 0 Å². The lowest BCUT2D eigenvalue weighted by atomic mass is 9.86. The molecule has 3 atom stereocenters. The van der Waals surface area contributed by atoms with Crippen LogP contribution < -0.4 is 5.32 Å². The lowest BCUT2D eigenvalue weighted by molar-refractivity contribution is -0.130. The first kappa shape index (κ1) is 18.1. The summed E-state index contributed by atoms with van der Waals surface area (Å²) in [6.07, 6.45) is 3.64. The summed E-state index contributed by atoms with van der Waals surface area (Å²) in [6.45, 7) is 3.76. The Hall–Kier alpha value is -1.73. The van der Waals surface area contributed by atoms with E-state index in [1.165, 1.54) is 17.8 Å². The molecule has 25 heavy (non-hydrogen) atoms. The number of esters is 1. The second-order valence-electron chi connectivity index (χ2n) is 6.47. The minimum absolute atomic E-state index is 0.173. The number of amides is 1. The number of nitrogens with zero attached hydrogens (tertiary/aromatic N) is 1. The standard InChI is InChI=1S/C18H22N2O3S2/c1-11-5-3-4-6-14(11)19-16(21)12(2)23-18(22)15-10-25-17(20-15)13-7-8-24-9-13/h7-12,14H,3-6H2,1-2H3,(H,19,21). The number of aromatic nitrogens is 1. The predicted octanol–water partition coefficient (Wildman–Crippen LogP) is 4.11. The molecule has 0 radical (unpaired) electrons. The molecule has 5 nitrogen and oxygen atoms in total. The summed E-state index contributed by atoms with van der Waals surface area (Å²) in [5, 5.41) is 9.42. The molecule has 1 saturated carbocycles. The molecule has 3 rings (SSSR count). The molecule has 2 heterocycles. The van der Waals surface area contributed by atoms with Crippen molar-refractivity contribution < 1.29 is 14.3 Å². The highest BCUT2D eigenvalue weighted by Gasteiger charge is 2.27. The number of nitrogens with one attached hydrogen (secondary N) is 1. The molecule has 1 N–H and O–H groups in total. The van der Waals surface area contributed by atoms with Gasteiger partial charge in [0.25, 0.3) is 5.91 Å². The van der Waals surface area contributed by atoms with E-state index in [1.807, 2.05) is 16.8 Å². The largest absolute Gasteiger partial charge is 0.448 e. The molecule has 2 aromatic heterocycles. The fourth-order valence-electron chi connectivity index (χ4n) is 2.99. The predicted molar refractivity (Wildman–Crippen MR) is 99.9 cm³/mol. The molecule has 0 bridgehead atoms. The summed E-state index contributed by atoms with van der Waals surface area (Å²) in [5.41, 5.74) is 1.24. The van der Waals surface area contributed by atoms with E-state index in [9.17, 15) is 9.59 Å². The van der Waals surface area contributed by atoms with E-state index in [0.717, 1.165) is 29.8 Å². The van der Waals surface area contributed by atoms with Gasteiger partial charge in [-0.05, 0) is 37.1 Å². The van der Waals surface area contributed by atoms with Gasteiger partial charge in [-0.25, -0.2) is 9.78 Å². The molecule has 0 saturated heterocycles. The third kappa shape index (κ3) is 4.46. The molecule has 1 fully saturated rings. The van der Waals surface area contributed by atoms with E-state index >= 15 is 0 Å². The molecule has 0 aromatic carbocycles. The zero-order valence-electron chi connectivity index (χ0n) is 14.4. The minimum Gasteiger partial charge on any atom is -0.448 e. The first-order valence-electron chi connectivity index (χ1n) is 8.54. The van der Waals surface area contributed by atoms with Gasteiger partial charge in [-0.3, -0.25) is 4.79 Å². The van der Waals surface area contributed by atoms with Crippen LogP contribution in [0, 0.1) is 5.92 Å². The van der Waals surface area contributed by atoms with E-state index in [4.69, 9.17) is 4.74 Å². The molecule has 1 aliphatic rings. The Balaban J connectivity index is 1.55. The van der Waals surface area contributed by atoms with Gasteiger partial charge in [-0.15, -0.1) is 11.3 Å². The lowest BCUT2D eigenvalue weighted by Crippen LogP contribution is -2.46. The van der Waals surface area contributed by atoms with Crippen molar-refractivity contribution in [2.24, 2.45) is 5.92 Å². The zero-order valence-corrected chi connectivity index (χ0v) is 16.0. The summed E-state index contributed by atoms with van der Waals surface area (Å²) in [7, 11) is 0. The Morgan fingerprint density at radius 1 is 1.32 bits per heavy atom. The van der Waals surface area contributed by atoms with Gasteiger partial charge in [0, 0.05) is 22.4 Å². The number of rotatable bonds is 5. The highest BCUT2D eigenvalue weighted by molar-refractivity contribution is 7.14. The van der Waals surface area contributed by atoms with Gasteiger partial charge in [-0.2, -0.15) is 11.3 Å². The first-order chi connectivity index (χ1) is 12.0. The third-order valence-electron chi connectivity index (χ3n) is 4.57. The van der Waals surface area contributed by atoms with Crippen molar-refractivity contribution >= 4 is 34.6 Å². The molecule has 1 aliphatic carbocycles. The second kappa shape index (κ2) is 8.10. The van der Waals surface area contributed by atoms with Crippen LogP contribution in [0.5, 0.6) is 0 Å². The summed E-state index contributed by atoms with van der Waals surface area (Å²) < 4.78 is 5.30. The molecule has 0 spiro atoms. The normalized spacial score (nSPS) is 21.5. The number of thiophene rings is 1. The monoisotopic (exact) mass is 378 g/mol. The van der Waals surface area contributed by atoms with Crippen LogP contribution in [0.15, 0.2) is 22.2 Å². The van der Waals surface area contributed by atoms with Crippen LogP contribution in [0.25, 0.3) is 10.6 Å².